The third-order valence-corrected chi connectivity index (χ3v) is 4.39. The van der Waals surface area contributed by atoms with Crippen LogP contribution in [0.5, 0.6) is 0 Å². The number of nitrogens with one attached hydrogen (secondary N) is 1. The zero-order chi connectivity index (χ0) is 20.6. The van der Waals surface area contributed by atoms with E-state index in [4.69, 9.17) is 10.00 Å². The van der Waals surface area contributed by atoms with Crippen molar-refractivity contribution < 1.29 is 14.3 Å². The molecule has 1 atom stereocenters. The van der Waals surface area contributed by atoms with E-state index in [0.29, 0.717) is 18.7 Å². The van der Waals surface area contributed by atoms with Gasteiger partial charge in [-0.05, 0) is 31.2 Å². The Kier molecular flexibility index (Phi) is 6.43. The summed E-state index contributed by atoms with van der Waals surface area (Å²) in [7, 11) is 0. The summed E-state index contributed by atoms with van der Waals surface area (Å²) in [6.45, 7) is 2.10. The van der Waals surface area contributed by atoms with E-state index in [1.54, 1.807) is 18.2 Å². The second-order valence-corrected chi connectivity index (χ2v) is 6.47. The van der Waals surface area contributed by atoms with Crippen LogP contribution in [0.3, 0.4) is 0 Å². The number of benzene rings is 2. The number of ether oxygens (including phenoxy) is 1. The van der Waals surface area contributed by atoms with Crippen molar-refractivity contribution in [2.75, 3.05) is 5.32 Å². The van der Waals surface area contributed by atoms with Crippen LogP contribution >= 0.6 is 0 Å². The molecule has 1 N–H and O–H groups in total. The predicted octanol–water partition coefficient (Wildman–Crippen LogP) is 4.14. The normalized spacial score (nSPS) is 11.9. The van der Waals surface area contributed by atoms with Crippen molar-refractivity contribution in [1.29, 1.82) is 5.26 Å². The first-order chi connectivity index (χ1) is 14.1. The second-order valence-electron chi connectivity index (χ2n) is 6.47. The molecule has 0 radical (unpaired) electrons. The molecule has 0 saturated carbocycles. The van der Waals surface area contributed by atoms with E-state index in [9.17, 15) is 9.59 Å². The summed E-state index contributed by atoms with van der Waals surface area (Å²) >= 11 is 0. The number of carbonyl (C=O) groups excluding carboxylic acids is 2. The van der Waals surface area contributed by atoms with Gasteiger partial charge < -0.3 is 14.6 Å². The Morgan fingerprint density at radius 1 is 1.17 bits per heavy atom. The Morgan fingerprint density at radius 2 is 1.90 bits per heavy atom. The number of nitrogens with zero attached hydrogens (tertiary/aromatic N) is 2. The van der Waals surface area contributed by atoms with Gasteiger partial charge in [-0.25, -0.2) is 4.79 Å². The highest BCUT2D eigenvalue weighted by Crippen LogP contribution is 2.23. The van der Waals surface area contributed by atoms with Crippen molar-refractivity contribution in [3.05, 3.63) is 72.4 Å². The van der Waals surface area contributed by atoms with Crippen LogP contribution in [0.1, 0.15) is 18.9 Å². The summed E-state index contributed by atoms with van der Waals surface area (Å²) in [6, 6.07) is 18.9. The van der Waals surface area contributed by atoms with Crippen molar-refractivity contribution in [3.63, 3.8) is 0 Å². The number of aryl methyl sites for hydroxylation is 1. The molecule has 6 nitrogen and oxygen atoms in total. The molecule has 3 aromatic rings. The standard InChI is InChI=1S/C23H21N3O3/c1-17(23(28)25-19-8-3-2-4-9-19)29-22(27)13-12-18-16-26(15-7-14-24)21-11-6-5-10-20(18)21/h2-6,8-13,16-17H,7,15H2,1H3,(H,25,28)/b13-12+/t17-/m1/s1. The summed E-state index contributed by atoms with van der Waals surface area (Å²) in [5, 5.41) is 12.5. The molecule has 29 heavy (non-hydrogen) atoms. The van der Waals surface area contributed by atoms with Crippen LogP contribution in [0.15, 0.2) is 66.9 Å². The number of hydrogen-bond acceptors (Lipinski definition) is 4. The van der Waals surface area contributed by atoms with Gasteiger partial charge in [-0.15, -0.1) is 0 Å². The summed E-state index contributed by atoms with van der Waals surface area (Å²) < 4.78 is 7.19. The molecule has 0 spiro atoms. The van der Waals surface area contributed by atoms with E-state index in [2.05, 4.69) is 11.4 Å². The van der Waals surface area contributed by atoms with Crippen LogP contribution in [-0.2, 0) is 20.9 Å². The number of aromatic nitrogens is 1. The van der Waals surface area contributed by atoms with Crippen molar-refractivity contribution in [2.24, 2.45) is 0 Å². The van der Waals surface area contributed by atoms with Crippen LogP contribution in [-0.4, -0.2) is 22.5 Å². The molecule has 1 heterocycles. The monoisotopic (exact) mass is 387 g/mol. The first-order valence-corrected chi connectivity index (χ1v) is 9.28. The fourth-order valence-electron chi connectivity index (χ4n) is 2.95. The van der Waals surface area contributed by atoms with Crippen LogP contribution in [0.4, 0.5) is 5.69 Å². The van der Waals surface area contributed by atoms with Gasteiger partial charge in [0.05, 0.1) is 12.5 Å². The van der Waals surface area contributed by atoms with Gasteiger partial charge in [-0.3, -0.25) is 4.79 Å². The molecule has 0 fully saturated rings. The van der Waals surface area contributed by atoms with E-state index in [1.807, 2.05) is 53.2 Å². The molecule has 0 aliphatic rings. The van der Waals surface area contributed by atoms with Gasteiger partial charge in [0.15, 0.2) is 6.10 Å². The summed E-state index contributed by atoms with van der Waals surface area (Å²) in [4.78, 5) is 24.3. The Morgan fingerprint density at radius 3 is 2.66 bits per heavy atom. The van der Waals surface area contributed by atoms with Crippen molar-refractivity contribution >= 4 is 34.5 Å². The molecule has 1 amide bonds. The van der Waals surface area contributed by atoms with Crippen LogP contribution in [0, 0.1) is 11.3 Å². The maximum absolute atomic E-state index is 12.2. The smallest absolute Gasteiger partial charge is 0.331 e. The lowest BCUT2D eigenvalue weighted by Gasteiger charge is -2.12. The minimum Gasteiger partial charge on any atom is -0.449 e. The fourth-order valence-corrected chi connectivity index (χ4v) is 2.95. The van der Waals surface area contributed by atoms with Crippen LogP contribution in [0.25, 0.3) is 17.0 Å². The first kappa shape index (κ1) is 19.9. The van der Waals surface area contributed by atoms with E-state index in [1.165, 1.54) is 13.0 Å². The Labute approximate surface area is 169 Å². The lowest BCUT2D eigenvalue weighted by molar-refractivity contribution is -0.148. The third-order valence-electron chi connectivity index (χ3n) is 4.39. The lowest BCUT2D eigenvalue weighted by atomic mass is 10.1. The molecule has 0 aliphatic heterocycles. The van der Waals surface area contributed by atoms with Gasteiger partial charge in [0.1, 0.15) is 0 Å². The number of esters is 1. The molecular weight excluding hydrogens is 366 g/mol. The molecule has 2 aromatic carbocycles. The van der Waals surface area contributed by atoms with E-state index >= 15 is 0 Å². The first-order valence-electron chi connectivity index (χ1n) is 9.28. The summed E-state index contributed by atoms with van der Waals surface area (Å²) in [5.41, 5.74) is 2.48. The number of anilines is 1. The molecular formula is C23H21N3O3. The number of fused-ring (bicyclic) bond motifs is 1. The third kappa shape index (κ3) is 5.11. The van der Waals surface area contributed by atoms with E-state index in [0.717, 1.165) is 16.5 Å². The minimum absolute atomic E-state index is 0.397. The number of hydrogen-bond donors (Lipinski definition) is 1. The van der Waals surface area contributed by atoms with E-state index < -0.39 is 18.0 Å². The quantitative estimate of drug-likeness (QED) is 0.488. The topological polar surface area (TPSA) is 84.1 Å². The predicted molar refractivity (Wildman–Crippen MR) is 112 cm³/mol. The summed E-state index contributed by atoms with van der Waals surface area (Å²) in [5.74, 6) is -0.999. The summed E-state index contributed by atoms with van der Waals surface area (Å²) in [6.07, 6.45) is 4.34. The van der Waals surface area contributed by atoms with Crippen LogP contribution in [0.2, 0.25) is 0 Å². The lowest BCUT2D eigenvalue weighted by Crippen LogP contribution is -2.29. The molecule has 0 unspecified atom stereocenters. The van der Waals surface area contributed by atoms with Gasteiger partial charge in [-0.2, -0.15) is 5.26 Å². The Hall–Kier alpha value is -3.85. The van der Waals surface area contributed by atoms with Crippen LogP contribution < -0.4 is 5.32 Å². The Bertz CT molecular complexity index is 1080. The SMILES string of the molecule is C[C@@H](OC(=O)/C=C/c1cn(CCC#N)c2ccccc12)C(=O)Nc1ccccc1. The number of para-hydroxylation sites is 2. The number of amides is 1. The van der Waals surface area contributed by atoms with Gasteiger partial charge in [0.25, 0.3) is 5.91 Å². The maximum atomic E-state index is 12.2. The number of carbonyl (C=O) groups is 2. The fraction of sp³-hybridized carbons (Fsp3) is 0.174. The van der Waals surface area contributed by atoms with Gasteiger partial charge in [-0.1, -0.05) is 36.4 Å². The van der Waals surface area contributed by atoms with Crippen molar-refractivity contribution in [2.45, 2.75) is 26.0 Å². The minimum atomic E-state index is -0.927. The zero-order valence-electron chi connectivity index (χ0n) is 16.0. The van der Waals surface area contributed by atoms with Gasteiger partial charge >= 0.3 is 5.97 Å². The molecule has 3 rings (SSSR count). The highest BCUT2D eigenvalue weighted by atomic mass is 16.5. The highest BCUT2D eigenvalue weighted by molar-refractivity contribution is 5.98. The second kappa shape index (κ2) is 9.38. The number of nitriles is 1. The highest BCUT2D eigenvalue weighted by Gasteiger charge is 2.16. The maximum Gasteiger partial charge on any atom is 0.331 e. The average molecular weight is 387 g/mol. The Balaban J connectivity index is 1.66. The number of rotatable bonds is 7. The zero-order valence-corrected chi connectivity index (χ0v) is 16.0. The molecule has 0 aliphatic carbocycles. The molecule has 146 valence electrons. The van der Waals surface area contributed by atoms with Gasteiger partial charge in [0.2, 0.25) is 0 Å². The van der Waals surface area contributed by atoms with Gasteiger partial charge in [0, 0.05) is 41.0 Å². The molecule has 0 bridgehead atoms. The molecule has 1 aromatic heterocycles. The molecule has 0 saturated heterocycles. The van der Waals surface area contributed by atoms with E-state index in [-0.39, 0.29) is 0 Å². The molecule has 6 heteroatoms. The average Bonchev–Trinajstić information content (AvgIpc) is 3.09. The van der Waals surface area contributed by atoms with Crippen molar-refractivity contribution in [1.82, 2.24) is 4.57 Å². The van der Waals surface area contributed by atoms with Crippen molar-refractivity contribution in [3.8, 4) is 6.07 Å². The largest absolute Gasteiger partial charge is 0.449 e.